The molecule has 8 nitrogen and oxygen atoms in total. The molecule has 34 heavy (non-hydrogen) atoms. The van der Waals surface area contributed by atoms with E-state index in [1.54, 1.807) is 36.1 Å². The molecule has 170 valence electrons. The Bertz CT molecular complexity index is 1530. The summed E-state index contributed by atoms with van der Waals surface area (Å²) in [6, 6.07) is 25.8. The van der Waals surface area contributed by atoms with Gasteiger partial charge in [0.15, 0.2) is 22.0 Å². The minimum Gasteiger partial charge on any atom is -0.497 e. The number of methoxy groups -OCH3 is 1. The average molecular weight is 472 g/mol. The van der Waals surface area contributed by atoms with Crippen molar-refractivity contribution in [1.82, 2.24) is 25.0 Å². The molecule has 0 bridgehead atoms. The van der Waals surface area contributed by atoms with Gasteiger partial charge in [-0.1, -0.05) is 78.0 Å². The van der Waals surface area contributed by atoms with Crippen molar-refractivity contribution in [2.24, 2.45) is 0 Å². The van der Waals surface area contributed by atoms with E-state index in [9.17, 15) is 8.42 Å². The maximum atomic E-state index is 13.5. The number of hydrogen-bond acceptors (Lipinski definition) is 7. The van der Waals surface area contributed by atoms with E-state index in [4.69, 9.17) is 4.74 Å². The van der Waals surface area contributed by atoms with Gasteiger partial charge in [0.2, 0.25) is 9.84 Å². The lowest BCUT2D eigenvalue weighted by Crippen LogP contribution is -2.10. The lowest BCUT2D eigenvalue weighted by molar-refractivity contribution is 0.414. The Hall–Kier alpha value is -4.11. The van der Waals surface area contributed by atoms with Gasteiger partial charge in [-0.3, -0.25) is 0 Å². The predicted molar refractivity (Wildman–Crippen MR) is 128 cm³/mol. The van der Waals surface area contributed by atoms with Crippen LogP contribution in [0.15, 0.2) is 90.0 Å². The summed E-state index contributed by atoms with van der Waals surface area (Å²) in [6.07, 6.45) is 0. The average Bonchev–Trinajstić information content (AvgIpc) is 3.27. The summed E-state index contributed by atoms with van der Waals surface area (Å²) in [5.74, 6) is 0.854. The SMILES string of the molecule is COc1ccc(Cn2nnc3c(S(=O)(=O)Cc4ccccc4)nc(-c4ccccc4)nc32)cc1. The summed E-state index contributed by atoms with van der Waals surface area (Å²) in [6.45, 7) is 0.365. The summed E-state index contributed by atoms with van der Waals surface area (Å²) < 4.78 is 33.7. The van der Waals surface area contributed by atoms with E-state index in [2.05, 4.69) is 20.3 Å². The van der Waals surface area contributed by atoms with Gasteiger partial charge in [0.1, 0.15) is 5.75 Å². The van der Waals surface area contributed by atoms with Gasteiger partial charge < -0.3 is 4.74 Å². The van der Waals surface area contributed by atoms with Crippen LogP contribution < -0.4 is 4.74 Å². The topological polar surface area (TPSA) is 99.9 Å². The minimum atomic E-state index is -3.82. The summed E-state index contributed by atoms with van der Waals surface area (Å²) in [5, 5.41) is 8.27. The molecule has 5 aromatic rings. The highest BCUT2D eigenvalue weighted by Gasteiger charge is 2.26. The van der Waals surface area contributed by atoms with E-state index < -0.39 is 9.84 Å². The first-order valence-electron chi connectivity index (χ1n) is 10.6. The fourth-order valence-electron chi connectivity index (χ4n) is 3.64. The van der Waals surface area contributed by atoms with Gasteiger partial charge in [0.25, 0.3) is 0 Å². The van der Waals surface area contributed by atoms with Crippen LogP contribution in [0, 0.1) is 0 Å². The Balaban J connectivity index is 1.63. The van der Waals surface area contributed by atoms with Gasteiger partial charge >= 0.3 is 0 Å². The van der Waals surface area contributed by atoms with E-state index in [-0.39, 0.29) is 16.3 Å². The third kappa shape index (κ3) is 4.38. The van der Waals surface area contributed by atoms with E-state index in [1.807, 2.05) is 60.7 Å². The van der Waals surface area contributed by atoms with Crippen LogP contribution in [0.3, 0.4) is 0 Å². The molecular weight excluding hydrogens is 450 g/mol. The molecule has 0 atom stereocenters. The molecule has 0 fully saturated rings. The highest BCUT2D eigenvalue weighted by atomic mass is 32.2. The van der Waals surface area contributed by atoms with E-state index in [0.29, 0.717) is 29.1 Å². The Labute approximate surface area is 196 Å². The quantitative estimate of drug-likeness (QED) is 0.332. The van der Waals surface area contributed by atoms with Crippen LogP contribution in [-0.4, -0.2) is 40.5 Å². The molecular formula is C25H21N5O3S. The van der Waals surface area contributed by atoms with Crippen LogP contribution in [0.1, 0.15) is 11.1 Å². The van der Waals surface area contributed by atoms with Crippen molar-refractivity contribution in [2.45, 2.75) is 17.3 Å². The Morgan fingerprint density at radius 2 is 1.50 bits per heavy atom. The molecule has 0 radical (unpaired) electrons. The smallest absolute Gasteiger partial charge is 0.202 e. The molecule has 0 saturated carbocycles. The van der Waals surface area contributed by atoms with Crippen molar-refractivity contribution in [3.05, 3.63) is 96.1 Å². The van der Waals surface area contributed by atoms with Gasteiger partial charge in [-0.15, -0.1) is 5.10 Å². The van der Waals surface area contributed by atoms with Gasteiger partial charge in [0.05, 0.1) is 19.4 Å². The van der Waals surface area contributed by atoms with Crippen molar-refractivity contribution < 1.29 is 13.2 Å². The number of benzene rings is 3. The van der Waals surface area contributed by atoms with Crippen LogP contribution in [0.4, 0.5) is 0 Å². The molecule has 5 rings (SSSR count). The maximum absolute atomic E-state index is 13.5. The standard InChI is InChI=1S/C25H21N5O3S/c1-33-21-14-12-18(13-15-21)16-30-24-22(28-29-30)25(27-23(26-24)20-10-6-3-7-11-20)34(31,32)17-19-8-4-2-5-9-19/h2-15H,16-17H2,1H3. The molecule has 0 aliphatic rings. The number of ether oxygens (including phenoxy) is 1. The highest BCUT2D eigenvalue weighted by Crippen LogP contribution is 2.26. The van der Waals surface area contributed by atoms with Crippen molar-refractivity contribution in [3.63, 3.8) is 0 Å². The van der Waals surface area contributed by atoms with Gasteiger partial charge in [-0.25, -0.2) is 23.1 Å². The minimum absolute atomic E-state index is 0.124. The monoisotopic (exact) mass is 471 g/mol. The first kappa shape index (κ1) is 21.7. The molecule has 0 aliphatic heterocycles. The number of hydrogen-bond donors (Lipinski definition) is 0. The molecule has 0 unspecified atom stereocenters. The van der Waals surface area contributed by atoms with Crippen molar-refractivity contribution in [1.29, 1.82) is 0 Å². The number of nitrogens with zero attached hydrogens (tertiary/aromatic N) is 5. The zero-order valence-corrected chi connectivity index (χ0v) is 19.2. The molecule has 0 saturated heterocycles. The molecule has 9 heteroatoms. The van der Waals surface area contributed by atoms with E-state index >= 15 is 0 Å². The van der Waals surface area contributed by atoms with Crippen LogP contribution >= 0.6 is 0 Å². The Kier molecular flexibility index (Phi) is 5.77. The maximum Gasteiger partial charge on any atom is 0.202 e. The van der Waals surface area contributed by atoms with E-state index in [0.717, 1.165) is 11.3 Å². The van der Waals surface area contributed by atoms with Crippen LogP contribution in [0.5, 0.6) is 5.75 Å². The molecule has 0 spiro atoms. The van der Waals surface area contributed by atoms with Crippen LogP contribution in [-0.2, 0) is 22.1 Å². The summed E-state index contributed by atoms with van der Waals surface area (Å²) in [5.41, 5.74) is 2.83. The predicted octanol–water partition coefficient (Wildman–Crippen LogP) is 3.92. The number of rotatable bonds is 7. The van der Waals surface area contributed by atoms with Crippen molar-refractivity contribution >= 4 is 21.0 Å². The third-order valence-electron chi connectivity index (χ3n) is 5.35. The van der Waals surface area contributed by atoms with E-state index in [1.165, 1.54) is 0 Å². The largest absolute Gasteiger partial charge is 0.497 e. The second kappa shape index (κ2) is 9.03. The second-order valence-electron chi connectivity index (χ2n) is 7.73. The number of aromatic nitrogens is 5. The molecule has 0 amide bonds. The lowest BCUT2D eigenvalue weighted by atomic mass is 10.2. The summed E-state index contributed by atoms with van der Waals surface area (Å²) >= 11 is 0. The van der Waals surface area contributed by atoms with Crippen LogP contribution in [0.25, 0.3) is 22.6 Å². The molecule has 2 aromatic heterocycles. The van der Waals surface area contributed by atoms with Gasteiger partial charge in [-0.2, -0.15) is 0 Å². The molecule has 3 aromatic carbocycles. The normalized spacial score (nSPS) is 11.6. The fraction of sp³-hybridized carbons (Fsp3) is 0.120. The Morgan fingerprint density at radius 1 is 0.824 bits per heavy atom. The summed E-state index contributed by atoms with van der Waals surface area (Å²) in [4.78, 5) is 9.10. The zero-order chi connectivity index (χ0) is 23.5. The highest BCUT2D eigenvalue weighted by molar-refractivity contribution is 7.90. The number of fused-ring (bicyclic) bond motifs is 1. The first-order chi connectivity index (χ1) is 16.5. The number of sulfone groups is 1. The van der Waals surface area contributed by atoms with Crippen molar-refractivity contribution in [3.8, 4) is 17.1 Å². The second-order valence-corrected chi connectivity index (χ2v) is 9.64. The zero-order valence-electron chi connectivity index (χ0n) is 18.4. The molecule has 0 N–H and O–H groups in total. The van der Waals surface area contributed by atoms with Gasteiger partial charge in [0, 0.05) is 5.56 Å². The van der Waals surface area contributed by atoms with Crippen LogP contribution in [0.2, 0.25) is 0 Å². The first-order valence-corrected chi connectivity index (χ1v) is 12.2. The Morgan fingerprint density at radius 3 is 2.18 bits per heavy atom. The fourth-order valence-corrected chi connectivity index (χ4v) is 5.06. The molecule has 2 heterocycles. The lowest BCUT2D eigenvalue weighted by Gasteiger charge is -2.08. The molecule has 0 aliphatic carbocycles. The van der Waals surface area contributed by atoms with Crippen molar-refractivity contribution in [2.75, 3.05) is 7.11 Å². The van der Waals surface area contributed by atoms with Gasteiger partial charge in [-0.05, 0) is 23.3 Å². The summed E-state index contributed by atoms with van der Waals surface area (Å²) in [7, 11) is -2.21. The third-order valence-corrected chi connectivity index (χ3v) is 6.94.